The zero-order valence-corrected chi connectivity index (χ0v) is 21.0. The Morgan fingerprint density at radius 3 is 2.38 bits per heavy atom. The van der Waals surface area contributed by atoms with Crippen molar-refractivity contribution in [3.8, 4) is 0 Å². The van der Waals surface area contributed by atoms with Crippen LogP contribution in [0.1, 0.15) is 60.8 Å². The summed E-state index contributed by atoms with van der Waals surface area (Å²) in [5, 5.41) is 10.9. The van der Waals surface area contributed by atoms with Gasteiger partial charge in [-0.05, 0) is 59.2 Å². The molecule has 0 saturated carbocycles. The van der Waals surface area contributed by atoms with E-state index in [0.717, 1.165) is 0 Å². The Bertz CT molecular complexity index is 665. The zero-order valence-electron chi connectivity index (χ0n) is 21.0. The Labute approximate surface area is 193 Å². The van der Waals surface area contributed by atoms with Crippen LogP contribution in [-0.2, 0) is 23.8 Å². The molecule has 0 radical (unpaired) electrons. The number of likely N-dealkylation sites (N-methyl/N-ethyl adjacent to an activating group) is 1. The van der Waals surface area contributed by atoms with Crippen LogP contribution in [0.25, 0.3) is 0 Å². The molecule has 2 aliphatic rings. The molecular formula is C25H43NO6. The van der Waals surface area contributed by atoms with Crippen LogP contribution in [0.4, 0.5) is 0 Å². The van der Waals surface area contributed by atoms with Crippen molar-refractivity contribution in [2.75, 3.05) is 14.1 Å². The van der Waals surface area contributed by atoms with Crippen LogP contribution < -0.4 is 0 Å². The summed E-state index contributed by atoms with van der Waals surface area (Å²) in [5.41, 5.74) is 0. The number of carbonyl (C=O) groups excluding carboxylic acids is 2. The van der Waals surface area contributed by atoms with Gasteiger partial charge >= 0.3 is 5.97 Å². The molecule has 7 heteroatoms. The smallest absolute Gasteiger partial charge is 0.311 e. The van der Waals surface area contributed by atoms with E-state index in [2.05, 4.69) is 0 Å². The van der Waals surface area contributed by atoms with Gasteiger partial charge in [-0.15, -0.1) is 0 Å². The lowest BCUT2D eigenvalue weighted by Crippen LogP contribution is -2.56. The summed E-state index contributed by atoms with van der Waals surface area (Å²) in [6, 6.07) is -0.108. The van der Waals surface area contributed by atoms with E-state index in [-0.39, 0.29) is 47.8 Å². The number of ketones is 1. The highest BCUT2D eigenvalue weighted by Gasteiger charge is 2.42. The molecule has 0 spiro atoms. The van der Waals surface area contributed by atoms with E-state index in [1.165, 1.54) is 0 Å². The van der Waals surface area contributed by atoms with Gasteiger partial charge in [0.2, 0.25) is 0 Å². The highest BCUT2D eigenvalue weighted by Crippen LogP contribution is 2.32. The van der Waals surface area contributed by atoms with E-state index in [4.69, 9.17) is 14.2 Å². The van der Waals surface area contributed by atoms with Gasteiger partial charge in [0.1, 0.15) is 12.2 Å². The summed E-state index contributed by atoms with van der Waals surface area (Å²) < 4.78 is 18.2. The number of hydrogen-bond acceptors (Lipinski definition) is 7. The van der Waals surface area contributed by atoms with Crippen molar-refractivity contribution >= 4 is 11.8 Å². The number of hydrogen-bond donors (Lipinski definition) is 1. The number of aliphatic hydroxyl groups is 1. The Morgan fingerprint density at radius 1 is 1.12 bits per heavy atom. The van der Waals surface area contributed by atoms with Crippen molar-refractivity contribution in [3.05, 3.63) is 12.2 Å². The van der Waals surface area contributed by atoms with Crippen molar-refractivity contribution in [1.82, 2.24) is 4.90 Å². The first-order valence-electron chi connectivity index (χ1n) is 12.0. The Morgan fingerprint density at radius 2 is 1.78 bits per heavy atom. The first-order valence-corrected chi connectivity index (χ1v) is 12.0. The minimum atomic E-state index is -0.853. The Hall–Kier alpha value is -1.28. The van der Waals surface area contributed by atoms with Gasteiger partial charge in [0.05, 0.1) is 18.1 Å². The van der Waals surface area contributed by atoms with Crippen molar-refractivity contribution in [3.63, 3.8) is 0 Å². The van der Waals surface area contributed by atoms with Gasteiger partial charge in [-0.2, -0.15) is 0 Å². The van der Waals surface area contributed by atoms with E-state index in [1.54, 1.807) is 13.0 Å². The first-order chi connectivity index (χ1) is 15.0. The number of nitrogens with zero attached hydrogens (tertiary/aromatic N) is 1. The fraction of sp³-hybridized carbons (Fsp3) is 0.840. The molecule has 0 aromatic rings. The van der Waals surface area contributed by atoms with E-state index < -0.39 is 24.4 Å². The lowest BCUT2D eigenvalue weighted by Gasteiger charge is -2.43. The Kier molecular flexibility index (Phi) is 9.88. The summed E-state index contributed by atoms with van der Waals surface area (Å²) in [6.07, 6.45) is 2.73. The van der Waals surface area contributed by atoms with E-state index in [9.17, 15) is 14.7 Å². The fourth-order valence-corrected chi connectivity index (χ4v) is 4.85. The van der Waals surface area contributed by atoms with Crippen LogP contribution in [0.3, 0.4) is 0 Å². The van der Waals surface area contributed by atoms with Crippen LogP contribution in [-0.4, -0.2) is 72.6 Å². The molecule has 10 unspecified atom stereocenters. The van der Waals surface area contributed by atoms with Gasteiger partial charge in [0.25, 0.3) is 0 Å². The molecule has 184 valence electrons. The minimum Gasteiger partial charge on any atom is -0.461 e. The molecule has 2 rings (SSSR count). The monoisotopic (exact) mass is 453 g/mol. The van der Waals surface area contributed by atoms with Crippen molar-refractivity contribution in [2.45, 2.75) is 97.6 Å². The zero-order chi connectivity index (χ0) is 24.2. The molecule has 0 bridgehead atoms. The van der Waals surface area contributed by atoms with Gasteiger partial charge in [-0.1, -0.05) is 33.8 Å². The predicted octanol–water partition coefficient (Wildman–Crippen LogP) is 3.19. The number of allylic oxidation sites excluding steroid dienone is 1. The maximum atomic E-state index is 13.1. The minimum absolute atomic E-state index is 0.0614. The average Bonchev–Trinajstić information content (AvgIpc) is 2.73. The molecule has 32 heavy (non-hydrogen) atoms. The van der Waals surface area contributed by atoms with Crippen LogP contribution in [0, 0.1) is 23.7 Å². The van der Waals surface area contributed by atoms with E-state index >= 15 is 0 Å². The number of rotatable bonds is 4. The maximum absolute atomic E-state index is 13.1. The molecule has 2 aliphatic heterocycles. The number of aliphatic hydroxyl groups excluding tert-OH is 1. The molecule has 0 amide bonds. The second kappa shape index (κ2) is 11.7. The standard InChI is InChI=1S/C25H43NO6/c1-9-21-14(2)10-11-20(27)15(3)12-16(4)23(18(6)24(29)31-21)32-25-22(28)19(26(7)8)13-17(5)30-25/h10-11,14-19,21-23,25,28H,9,12-13H2,1-8H3/b11-10+. The predicted molar refractivity (Wildman–Crippen MR) is 123 cm³/mol. The highest BCUT2D eigenvalue weighted by molar-refractivity contribution is 5.91. The normalized spacial score (nSPS) is 43.3. The molecule has 2 heterocycles. The van der Waals surface area contributed by atoms with Crippen molar-refractivity contribution in [2.24, 2.45) is 23.7 Å². The van der Waals surface area contributed by atoms with Crippen LogP contribution >= 0.6 is 0 Å². The van der Waals surface area contributed by atoms with E-state index in [0.29, 0.717) is 19.3 Å². The highest BCUT2D eigenvalue weighted by atomic mass is 16.7. The van der Waals surface area contributed by atoms with Crippen LogP contribution in [0.15, 0.2) is 12.2 Å². The lowest BCUT2D eigenvalue weighted by molar-refractivity contribution is -0.279. The second-order valence-corrected chi connectivity index (χ2v) is 10.1. The summed E-state index contributed by atoms with van der Waals surface area (Å²) in [5.74, 6) is -1.21. The molecule has 0 aromatic carbocycles. The third kappa shape index (κ3) is 6.62. The number of esters is 1. The maximum Gasteiger partial charge on any atom is 0.311 e. The third-order valence-corrected chi connectivity index (χ3v) is 7.02. The van der Waals surface area contributed by atoms with E-state index in [1.807, 2.05) is 59.7 Å². The number of cyclic esters (lactones) is 1. The summed E-state index contributed by atoms with van der Waals surface area (Å²) in [7, 11) is 3.85. The van der Waals surface area contributed by atoms with Crippen molar-refractivity contribution in [1.29, 1.82) is 0 Å². The van der Waals surface area contributed by atoms with Gasteiger partial charge in [0.15, 0.2) is 12.1 Å². The lowest BCUT2D eigenvalue weighted by atomic mass is 9.84. The molecule has 1 N–H and O–H groups in total. The van der Waals surface area contributed by atoms with Gasteiger partial charge in [-0.3, -0.25) is 9.59 Å². The van der Waals surface area contributed by atoms with Gasteiger partial charge in [0, 0.05) is 17.9 Å². The van der Waals surface area contributed by atoms with Crippen LogP contribution in [0.2, 0.25) is 0 Å². The molecule has 7 nitrogen and oxygen atoms in total. The largest absolute Gasteiger partial charge is 0.461 e. The molecule has 0 aromatic heterocycles. The summed E-state index contributed by atoms with van der Waals surface area (Å²) in [6.45, 7) is 11.6. The third-order valence-electron chi connectivity index (χ3n) is 7.02. The summed E-state index contributed by atoms with van der Waals surface area (Å²) in [4.78, 5) is 27.7. The molecular weight excluding hydrogens is 410 g/mol. The molecule has 0 aliphatic carbocycles. The van der Waals surface area contributed by atoms with Gasteiger partial charge in [-0.25, -0.2) is 0 Å². The number of ether oxygens (including phenoxy) is 3. The average molecular weight is 454 g/mol. The fourth-order valence-electron chi connectivity index (χ4n) is 4.85. The second-order valence-electron chi connectivity index (χ2n) is 10.1. The molecule has 10 atom stereocenters. The van der Waals surface area contributed by atoms with Gasteiger partial charge < -0.3 is 24.2 Å². The Balaban J connectivity index is 2.32. The number of carbonyl (C=O) groups is 2. The SMILES string of the molecule is CCC1OC(=O)C(C)C(OC2OC(C)CC(N(C)C)C2O)C(C)CC(C)C(=O)/C=C/C1C. The molecule has 1 fully saturated rings. The first kappa shape index (κ1) is 27.0. The molecule has 1 saturated heterocycles. The quantitative estimate of drug-likeness (QED) is 0.654. The van der Waals surface area contributed by atoms with Crippen LogP contribution in [0.5, 0.6) is 0 Å². The topological polar surface area (TPSA) is 85.3 Å². The van der Waals surface area contributed by atoms with Crippen molar-refractivity contribution < 1.29 is 28.9 Å². The summed E-state index contributed by atoms with van der Waals surface area (Å²) >= 11 is 0.